The van der Waals surface area contributed by atoms with E-state index in [0.717, 1.165) is 49.0 Å². The quantitative estimate of drug-likeness (QED) is 0.371. The Morgan fingerprint density at radius 2 is 1.87 bits per heavy atom. The van der Waals surface area contributed by atoms with Crippen molar-refractivity contribution in [1.82, 2.24) is 24.5 Å². The third-order valence-corrected chi connectivity index (χ3v) is 4.86. The molecule has 3 rings (SSSR count). The Hall–Kier alpha value is -3.49. The lowest BCUT2D eigenvalue weighted by Crippen LogP contribution is -2.23. The fraction of sp³-hybridized carbons (Fsp3) is 0.409. The predicted molar refractivity (Wildman–Crippen MR) is 117 cm³/mol. The van der Waals surface area contributed by atoms with Crippen molar-refractivity contribution in [3.63, 3.8) is 0 Å². The molecular weight excluding hydrogens is 396 g/mol. The Morgan fingerprint density at radius 3 is 2.61 bits per heavy atom. The van der Waals surface area contributed by atoms with Gasteiger partial charge in [0.25, 0.3) is 0 Å². The lowest BCUT2D eigenvalue weighted by Gasteiger charge is -2.06. The predicted octanol–water partition coefficient (Wildman–Crippen LogP) is 2.65. The van der Waals surface area contributed by atoms with Gasteiger partial charge >= 0.3 is 11.7 Å². The monoisotopic (exact) mass is 424 g/mol. The van der Waals surface area contributed by atoms with Gasteiger partial charge in [0.1, 0.15) is 11.5 Å². The van der Waals surface area contributed by atoms with Crippen LogP contribution in [0.25, 0.3) is 11.3 Å². The number of benzene rings is 1. The molecule has 0 saturated carbocycles. The second kappa shape index (κ2) is 11.1. The third kappa shape index (κ3) is 6.77. The Kier molecular flexibility index (Phi) is 7.91. The normalized spacial score (nSPS) is 10.9. The minimum atomic E-state index is -0.368. The number of hydrogen-bond acceptors (Lipinski definition) is 7. The molecule has 164 valence electrons. The molecule has 3 aromatic rings. The summed E-state index contributed by atoms with van der Waals surface area (Å²) in [6.45, 7) is 3.48. The van der Waals surface area contributed by atoms with E-state index in [4.69, 9.17) is 10.5 Å². The average molecular weight is 425 g/mol. The summed E-state index contributed by atoms with van der Waals surface area (Å²) in [5.41, 5.74) is 7.91. The molecule has 0 bridgehead atoms. The maximum Gasteiger partial charge on any atom is 0.349 e. The number of aryl methyl sites for hydroxylation is 1. The van der Waals surface area contributed by atoms with Crippen LogP contribution in [0.1, 0.15) is 44.6 Å². The van der Waals surface area contributed by atoms with Gasteiger partial charge in [-0.2, -0.15) is 4.98 Å². The lowest BCUT2D eigenvalue weighted by atomic mass is 10.1. The molecule has 0 aliphatic rings. The first kappa shape index (κ1) is 22.2. The van der Waals surface area contributed by atoms with Crippen LogP contribution in [0.2, 0.25) is 0 Å². The third-order valence-electron chi connectivity index (χ3n) is 4.86. The van der Waals surface area contributed by atoms with Gasteiger partial charge in [-0.1, -0.05) is 42.3 Å². The van der Waals surface area contributed by atoms with Gasteiger partial charge in [-0.15, -0.1) is 5.10 Å². The molecule has 0 aliphatic heterocycles. The number of nitrogens with zero attached hydrogens (tertiary/aromatic N) is 5. The van der Waals surface area contributed by atoms with Crippen molar-refractivity contribution in [3.8, 4) is 11.3 Å². The summed E-state index contributed by atoms with van der Waals surface area (Å²) in [7, 11) is 0. The number of aromatic nitrogens is 5. The minimum absolute atomic E-state index is 0.119. The van der Waals surface area contributed by atoms with Crippen LogP contribution >= 0.6 is 0 Å². The molecule has 0 saturated heterocycles. The Labute approximate surface area is 180 Å². The largest absolute Gasteiger partial charge is 0.466 e. The number of nitrogen functional groups attached to an aromatic ring is 1. The molecular formula is C22H28N6O3. The van der Waals surface area contributed by atoms with Crippen LogP contribution in [0.4, 0.5) is 5.82 Å². The number of carbonyl (C=O) groups is 1. The van der Waals surface area contributed by atoms with E-state index in [9.17, 15) is 9.59 Å². The highest BCUT2D eigenvalue weighted by Crippen LogP contribution is 2.17. The van der Waals surface area contributed by atoms with Gasteiger partial charge in [0.05, 0.1) is 19.3 Å². The number of esters is 1. The maximum absolute atomic E-state index is 11.9. The molecule has 0 fully saturated rings. The maximum atomic E-state index is 11.9. The van der Waals surface area contributed by atoms with E-state index in [-0.39, 0.29) is 17.5 Å². The van der Waals surface area contributed by atoms with Crippen molar-refractivity contribution >= 4 is 11.8 Å². The molecule has 0 aliphatic carbocycles. The smallest absolute Gasteiger partial charge is 0.349 e. The Balaban J connectivity index is 1.46. The van der Waals surface area contributed by atoms with Crippen molar-refractivity contribution in [2.24, 2.45) is 0 Å². The SMILES string of the molecule is CCOC(=O)CCCCCCn1cc(-c2ccc(Cn3ccc(N)nc3=O)cc2)nn1. The van der Waals surface area contributed by atoms with Crippen LogP contribution in [0, 0.1) is 0 Å². The van der Waals surface area contributed by atoms with E-state index in [0.29, 0.717) is 19.6 Å². The van der Waals surface area contributed by atoms with Crippen LogP contribution in [0.3, 0.4) is 0 Å². The van der Waals surface area contributed by atoms with Gasteiger partial charge in [0.15, 0.2) is 0 Å². The first-order valence-electron chi connectivity index (χ1n) is 10.5. The molecule has 31 heavy (non-hydrogen) atoms. The number of ether oxygens (including phenoxy) is 1. The second-order valence-corrected chi connectivity index (χ2v) is 7.30. The zero-order valence-corrected chi connectivity index (χ0v) is 17.7. The fourth-order valence-corrected chi connectivity index (χ4v) is 3.21. The number of nitrogens with two attached hydrogens (primary N) is 1. The van der Waals surface area contributed by atoms with Gasteiger partial charge in [0, 0.05) is 24.7 Å². The molecule has 0 spiro atoms. The zero-order valence-electron chi connectivity index (χ0n) is 17.7. The van der Waals surface area contributed by atoms with Crippen LogP contribution in [-0.4, -0.2) is 37.1 Å². The lowest BCUT2D eigenvalue weighted by molar-refractivity contribution is -0.143. The molecule has 0 unspecified atom stereocenters. The number of carbonyl (C=O) groups excluding carboxylic acids is 1. The van der Waals surface area contributed by atoms with Crippen molar-refractivity contribution in [1.29, 1.82) is 0 Å². The first-order valence-corrected chi connectivity index (χ1v) is 10.5. The van der Waals surface area contributed by atoms with Crippen molar-refractivity contribution < 1.29 is 9.53 Å². The van der Waals surface area contributed by atoms with E-state index < -0.39 is 0 Å². The highest BCUT2D eigenvalue weighted by Gasteiger charge is 2.06. The molecule has 2 heterocycles. The summed E-state index contributed by atoms with van der Waals surface area (Å²) in [6.07, 6.45) is 7.92. The molecule has 9 nitrogen and oxygen atoms in total. The molecule has 2 aromatic heterocycles. The molecule has 2 N–H and O–H groups in total. The summed E-state index contributed by atoms with van der Waals surface area (Å²) in [6, 6.07) is 9.46. The van der Waals surface area contributed by atoms with Crippen LogP contribution in [0.5, 0.6) is 0 Å². The number of rotatable bonds is 11. The number of hydrogen-bond donors (Lipinski definition) is 1. The van der Waals surface area contributed by atoms with Gasteiger partial charge in [-0.05, 0) is 31.4 Å². The summed E-state index contributed by atoms with van der Waals surface area (Å²) >= 11 is 0. The van der Waals surface area contributed by atoms with Gasteiger partial charge in [0.2, 0.25) is 0 Å². The zero-order chi connectivity index (χ0) is 22.1. The summed E-state index contributed by atoms with van der Waals surface area (Å²) < 4.78 is 8.28. The first-order chi connectivity index (χ1) is 15.0. The molecule has 0 amide bonds. The molecule has 0 radical (unpaired) electrons. The summed E-state index contributed by atoms with van der Waals surface area (Å²) in [5, 5.41) is 8.46. The van der Waals surface area contributed by atoms with E-state index in [1.165, 1.54) is 4.57 Å². The van der Waals surface area contributed by atoms with E-state index >= 15 is 0 Å². The minimum Gasteiger partial charge on any atom is -0.466 e. The topological polar surface area (TPSA) is 118 Å². The van der Waals surface area contributed by atoms with E-state index in [1.807, 2.05) is 42.1 Å². The Bertz CT molecular complexity index is 1040. The average Bonchev–Trinajstić information content (AvgIpc) is 3.22. The Morgan fingerprint density at radius 1 is 1.10 bits per heavy atom. The number of unbranched alkanes of at least 4 members (excludes halogenated alkanes) is 3. The van der Waals surface area contributed by atoms with E-state index in [2.05, 4.69) is 15.3 Å². The van der Waals surface area contributed by atoms with Gasteiger partial charge in [-0.3, -0.25) is 14.0 Å². The van der Waals surface area contributed by atoms with Gasteiger partial charge in [-0.25, -0.2) is 4.79 Å². The highest BCUT2D eigenvalue weighted by molar-refractivity contribution is 5.69. The van der Waals surface area contributed by atoms with Crippen molar-refractivity contribution in [3.05, 3.63) is 58.8 Å². The van der Waals surface area contributed by atoms with Crippen molar-refractivity contribution in [2.75, 3.05) is 12.3 Å². The molecule has 0 atom stereocenters. The highest BCUT2D eigenvalue weighted by atomic mass is 16.5. The van der Waals surface area contributed by atoms with Crippen LogP contribution in [-0.2, 0) is 22.6 Å². The van der Waals surface area contributed by atoms with Gasteiger partial charge < -0.3 is 10.5 Å². The number of anilines is 1. The fourth-order valence-electron chi connectivity index (χ4n) is 3.21. The van der Waals surface area contributed by atoms with Crippen LogP contribution < -0.4 is 11.4 Å². The molecule has 1 aromatic carbocycles. The summed E-state index contributed by atoms with van der Waals surface area (Å²) in [4.78, 5) is 26.9. The molecule has 9 heteroatoms. The van der Waals surface area contributed by atoms with Crippen molar-refractivity contribution in [2.45, 2.75) is 52.1 Å². The van der Waals surface area contributed by atoms with E-state index in [1.54, 1.807) is 12.3 Å². The second-order valence-electron chi connectivity index (χ2n) is 7.30. The summed E-state index contributed by atoms with van der Waals surface area (Å²) in [5.74, 6) is 0.1000. The standard InChI is InChI=1S/C22H28N6O3/c1-2-31-21(29)7-5-3-4-6-13-28-16-19(25-26-28)18-10-8-17(9-11-18)15-27-14-12-20(23)24-22(27)30/h8-12,14,16H,2-7,13,15H2,1H3,(H2,23,24,30). The van der Waals surface area contributed by atoms with Crippen LogP contribution in [0.15, 0.2) is 47.5 Å².